The lowest BCUT2D eigenvalue weighted by Gasteiger charge is -2.30. The van der Waals surface area contributed by atoms with Crippen LogP contribution in [0.3, 0.4) is 0 Å². The number of carbonyl (C=O) groups excluding carboxylic acids is 1. The number of ether oxygens (including phenoxy) is 1. The van der Waals surface area contributed by atoms with Crippen LogP contribution in [0.5, 0.6) is 0 Å². The van der Waals surface area contributed by atoms with E-state index in [2.05, 4.69) is 33.0 Å². The Morgan fingerprint density at radius 2 is 1.90 bits per heavy atom. The van der Waals surface area contributed by atoms with Gasteiger partial charge in [-0.3, -0.25) is 10.1 Å². The van der Waals surface area contributed by atoms with Crippen molar-refractivity contribution in [2.45, 2.75) is 72.4 Å². The third-order valence-corrected chi connectivity index (χ3v) is 4.48. The summed E-state index contributed by atoms with van der Waals surface area (Å²) in [4.78, 5) is 12.1. The second-order valence-corrected chi connectivity index (χ2v) is 7.43. The first-order valence-corrected chi connectivity index (χ1v) is 9.00. The number of rotatable bonds is 11. The molecule has 0 aliphatic carbocycles. The van der Waals surface area contributed by atoms with Gasteiger partial charge in [-0.2, -0.15) is 11.8 Å². The summed E-state index contributed by atoms with van der Waals surface area (Å²) >= 11 is 2.01. The molecule has 120 valence electrons. The molecule has 3 nitrogen and oxygen atoms in total. The van der Waals surface area contributed by atoms with E-state index in [1.54, 1.807) is 0 Å². The minimum Gasteiger partial charge on any atom is -0.465 e. The molecule has 0 aliphatic heterocycles. The largest absolute Gasteiger partial charge is 0.465 e. The summed E-state index contributed by atoms with van der Waals surface area (Å²) in [6.07, 6.45) is 3.05. The molecule has 0 saturated heterocycles. The van der Waals surface area contributed by atoms with Gasteiger partial charge in [0, 0.05) is 6.04 Å². The fourth-order valence-electron chi connectivity index (χ4n) is 2.16. The normalized spacial score (nSPS) is 14.6. The lowest BCUT2D eigenvalue weighted by atomic mass is 9.94. The maximum atomic E-state index is 12.1. The molecule has 1 unspecified atom stereocenters. The molecule has 4 heteroatoms. The van der Waals surface area contributed by atoms with Crippen molar-refractivity contribution in [3.63, 3.8) is 0 Å². The molecule has 0 aromatic rings. The van der Waals surface area contributed by atoms with E-state index in [4.69, 9.17) is 4.74 Å². The highest BCUT2D eigenvalue weighted by Gasteiger charge is 2.34. The second-order valence-electron chi connectivity index (χ2n) is 6.28. The molecule has 0 heterocycles. The Kier molecular flexibility index (Phi) is 10.4. The second kappa shape index (κ2) is 10.5. The highest BCUT2D eigenvalue weighted by atomic mass is 32.2. The lowest BCUT2D eigenvalue weighted by Crippen LogP contribution is -2.53. The van der Waals surface area contributed by atoms with Crippen LogP contribution in [0.25, 0.3) is 0 Å². The van der Waals surface area contributed by atoms with Crippen molar-refractivity contribution in [3.05, 3.63) is 0 Å². The number of carbonyl (C=O) groups is 1. The number of hydrogen-bond acceptors (Lipinski definition) is 4. The zero-order valence-corrected chi connectivity index (χ0v) is 14.9. The summed E-state index contributed by atoms with van der Waals surface area (Å²) in [5.41, 5.74) is -0.549. The van der Waals surface area contributed by atoms with E-state index >= 15 is 0 Å². The van der Waals surface area contributed by atoms with Gasteiger partial charge < -0.3 is 4.74 Å². The van der Waals surface area contributed by atoms with Crippen molar-refractivity contribution in [3.8, 4) is 0 Å². The van der Waals surface area contributed by atoms with Crippen molar-refractivity contribution in [1.29, 1.82) is 0 Å². The zero-order chi connectivity index (χ0) is 15.6. The van der Waals surface area contributed by atoms with Crippen LogP contribution in [0.2, 0.25) is 0 Å². The van der Waals surface area contributed by atoms with Crippen LogP contribution in [-0.2, 0) is 9.53 Å². The quantitative estimate of drug-likeness (QED) is 0.464. The first kappa shape index (κ1) is 19.8. The number of nitrogens with one attached hydrogen (secondary N) is 1. The Balaban J connectivity index is 4.13. The standard InChI is InChI=1S/C16H33NO2S/c1-7-19-15(18)16(6,17-14(4)5)10-8-9-11-20-12-13(2)3/h13-14,17H,7-12H2,1-6H3. The van der Waals surface area contributed by atoms with E-state index < -0.39 is 5.54 Å². The molecule has 1 atom stereocenters. The SMILES string of the molecule is CCOC(=O)C(C)(CCCCSCC(C)C)NC(C)C. The highest BCUT2D eigenvalue weighted by molar-refractivity contribution is 7.99. The van der Waals surface area contributed by atoms with Gasteiger partial charge in [-0.1, -0.05) is 20.3 Å². The van der Waals surface area contributed by atoms with E-state index in [1.807, 2.05) is 25.6 Å². The average molecular weight is 304 g/mol. The van der Waals surface area contributed by atoms with Crippen molar-refractivity contribution in [2.24, 2.45) is 5.92 Å². The van der Waals surface area contributed by atoms with Gasteiger partial charge in [0.25, 0.3) is 0 Å². The monoisotopic (exact) mass is 303 g/mol. The maximum absolute atomic E-state index is 12.1. The van der Waals surface area contributed by atoms with Gasteiger partial charge in [0.2, 0.25) is 0 Å². The van der Waals surface area contributed by atoms with E-state index in [1.165, 1.54) is 11.5 Å². The molecule has 0 aromatic heterocycles. The minimum absolute atomic E-state index is 0.122. The predicted molar refractivity (Wildman–Crippen MR) is 89.3 cm³/mol. The summed E-state index contributed by atoms with van der Waals surface area (Å²) in [7, 11) is 0. The Morgan fingerprint density at radius 3 is 2.40 bits per heavy atom. The molecule has 1 N–H and O–H groups in total. The van der Waals surface area contributed by atoms with Gasteiger partial charge >= 0.3 is 5.97 Å². The van der Waals surface area contributed by atoms with E-state index in [9.17, 15) is 4.79 Å². The fourth-order valence-corrected chi connectivity index (χ4v) is 3.21. The summed E-state index contributed by atoms with van der Waals surface area (Å²) in [6, 6.07) is 0.278. The van der Waals surface area contributed by atoms with E-state index in [-0.39, 0.29) is 12.0 Å². The van der Waals surface area contributed by atoms with Gasteiger partial charge in [-0.25, -0.2) is 0 Å². The van der Waals surface area contributed by atoms with Crippen molar-refractivity contribution in [2.75, 3.05) is 18.1 Å². The van der Waals surface area contributed by atoms with Crippen molar-refractivity contribution >= 4 is 17.7 Å². The van der Waals surface area contributed by atoms with Crippen LogP contribution in [0.1, 0.15) is 60.8 Å². The summed E-state index contributed by atoms with van der Waals surface area (Å²) in [5.74, 6) is 3.04. The summed E-state index contributed by atoms with van der Waals surface area (Å²) in [6.45, 7) is 12.9. The van der Waals surface area contributed by atoms with Gasteiger partial charge in [0.15, 0.2) is 0 Å². The van der Waals surface area contributed by atoms with Crippen molar-refractivity contribution in [1.82, 2.24) is 5.32 Å². The molecule has 0 aromatic carbocycles. The molecule has 20 heavy (non-hydrogen) atoms. The van der Waals surface area contributed by atoms with Crippen LogP contribution in [-0.4, -0.2) is 35.7 Å². The van der Waals surface area contributed by atoms with Crippen LogP contribution in [0.15, 0.2) is 0 Å². The molecule has 0 bridgehead atoms. The molecule has 0 fully saturated rings. The van der Waals surface area contributed by atoms with Crippen molar-refractivity contribution < 1.29 is 9.53 Å². The third kappa shape index (κ3) is 8.85. The van der Waals surface area contributed by atoms with Crippen LogP contribution >= 0.6 is 11.8 Å². The van der Waals surface area contributed by atoms with Crippen LogP contribution < -0.4 is 5.32 Å². The maximum Gasteiger partial charge on any atom is 0.326 e. The van der Waals surface area contributed by atoms with Gasteiger partial charge in [-0.15, -0.1) is 0 Å². The summed E-state index contributed by atoms with van der Waals surface area (Å²) < 4.78 is 5.21. The Labute approximate surface area is 129 Å². The Bertz CT molecular complexity index is 269. The number of hydrogen-bond donors (Lipinski definition) is 1. The molecule has 0 aliphatic rings. The molecule has 0 saturated carbocycles. The lowest BCUT2D eigenvalue weighted by molar-refractivity contribution is -0.151. The Morgan fingerprint density at radius 1 is 1.25 bits per heavy atom. The molecule has 0 spiro atoms. The molecule has 0 rings (SSSR count). The number of esters is 1. The van der Waals surface area contributed by atoms with E-state index in [0.717, 1.165) is 25.2 Å². The van der Waals surface area contributed by atoms with Gasteiger partial charge in [-0.05, 0) is 58.0 Å². The van der Waals surface area contributed by atoms with E-state index in [0.29, 0.717) is 6.61 Å². The molecular formula is C16H33NO2S. The fraction of sp³-hybridized carbons (Fsp3) is 0.938. The van der Waals surface area contributed by atoms with Crippen LogP contribution in [0, 0.1) is 5.92 Å². The topological polar surface area (TPSA) is 38.3 Å². The first-order chi connectivity index (χ1) is 9.31. The number of thioether (sulfide) groups is 1. The third-order valence-electron chi connectivity index (χ3n) is 3.00. The van der Waals surface area contributed by atoms with Gasteiger partial charge in [0.1, 0.15) is 5.54 Å². The van der Waals surface area contributed by atoms with Crippen LogP contribution in [0.4, 0.5) is 0 Å². The molecule has 0 radical (unpaired) electrons. The highest BCUT2D eigenvalue weighted by Crippen LogP contribution is 2.19. The minimum atomic E-state index is -0.549. The molecular weight excluding hydrogens is 270 g/mol. The Hall–Kier alpha value is -0.220. The predicted octanol–water partition coefficient (Wildman–Crippen LogP) is 3.87. The number of unbranched alkanes of at least 4 members (excludes halogenated alkanes) is 1. The molecule has 0 amide bonds. The first-order valence-electron chi connectivity index (χ1n) is 7.84. The zero-order valence-electron chi connectivity index (χ0n) is 14.1. The van der Waals surface area contributed by atoms with Gasteiger partial charge in [0.05, 0.1) is 6.61 Å². The smallest absolute Gasteiger partial charge is 0.326 e. The summed E-state index contributed by atoms with van der Waals surface area (Å²) in [5, 5.41) is 3.37. The average Bonchev–Trinajstić information content (AvgIpc) is 2.32.